The fourth-order valence-electron chi connectivity index (χ4n) is 2.56. The zero-order valence-electron chi connectivity index (χ0n) is 15.8. The Kier molecular flexibility index (Phi) is 6.60. The van der Waals surface area contributed by atoms with Crippen LogP contribution in [0.5, 0.6) is 5.75 Å². The summed E-state index contributed by atoms with van der Waals surface area (Å²) in [4.78, 5) is 13.8. The minimum Gasteiger partial charge on any atom is -0.497 e. The van der Waals surface area contributed by atoms with Crippen LogP contribution < -0.4 is 10.6 Å². The first kappa shape index (κ1) is 20.9. The van der Waals surface area contributed by atoms with Crippen molar-refractivity contribution >= 4 is 29.3 Å². The highest BCUT2D eigenvalue weighted by atomic mass is 35.5. The largest absolute Gasteiger partial charge is 0.497 e. The molecule has 0 saturated heterocycles. The van der Waals surface area contributed by atoms with Crippen LogP contribution in [0.4, 0.5) is 4.39 Å². The third-order valence-electron chi connectivity index (χ3n) is 4.22. The maximum atomic E-state index is 13.9. The molecule has 0 radical (unpaired) electrons. The number of hydrogen-bond donors (Lipinski definition) is 1. The van der Waals surface area contributed by atoms with Crippen LogP contribution >= 0.6 is 23.4 Å². The number of nitrogen functional groups attached to an aromatic ring is 1. The molecule has 0 atom stereocenters. The first-order valence-electron chi connectivity index (χ1n) is 8.55. The van der Waals surface area contributed by atoms with Crippen LogP contribution in [0.2, 0.25) is 5.02 Å². The van der Waals surface area contributed by atoms with E-state index in [0.717, 1.165) is 23.1 Å². The molecule has 0 aliphatic heterocycles. The smallest absolute Gasteiger partial charge is 0.233 e. The molecular weight excluding hydrogens is 417 g/mol. The van der Waals surface area contributed by atoms with E-state index in [4.69, 9.17) is 22.2 Å². The van der Waals surface area contributed by atoms with Crippen molar-refractivity contribution in [1.82, 2.24) is 19.8 Å². The van der Waals surface area contributed by atoms with Gasteiger partial charge in [0, 0.05) is 29.7 Å². The molecule has 7 nitrogen and oxygen atoms in total. The van der Waals surface area contributed by atoms with Crippen LogP contribution in [0, 0.1) is 5.82 Å². The van der Waals surface area contributed by atoms with E-state index in [2.05, 4.69) is 10.2 Å². The zero-order valence-corrected chi connectivity index (χ0v) is 17.4. The van der Waals surface area contributed by atoms with Crippen molar-refractivity contribution in [3.05, 3.63) is 58.9 Å². The third kappa shape index (κ3) is 4.80. The molecule has 1 aromatic heterocycles. The quantitative estimate of drug-likeness (QED) is 0.453. The number of methoxy groups -OCH3 is 1. The van der Waals surface area contributed by atoms with E-state index >= 15 is 0 Å². The fraction of sp³-hybridized carbons (Fsp3) is 0.211. The molecule has 1 amide bonds. The van der Waals surface area contributed by atoms with Crippen molar-refractivity contribution in [2.45, 2.75) is 11.7 Å². The SMILES string of the molecule is COc1ccc(-c2nnc(SCC(=O)N(C)Cc3c(F)cccc3Cl)n2N)cc1. The molecule has 0 unspecified atom stereocenters. The number of rotatable bonds is 7. The fourth-order valence-corrected chi connectivity index (χ4v) is 3.58. The summed E-state index contributed by atoms with van der Waals surface area (Å²) < 4.78 is 20.4. The van der Waals surface area contributed by atoms with Gasteiger partial charge in [-0.3, -0.25) is 4.79 Å². The highest BCUT2D eigenvalue weighted by Gasteiger charge is 2.17. The van der Waals surface area contributed by atoms with Gasteiger partial charge in [0.25, 0.3) is 0 Å². The first-order chi connectivity index (χ1) is 13.9. The van der Waals surface area contributed by atoms with Crippen LogP contribution in [0.3, 0.4) is 0 Å². The second kappa shape index (κ2) is 9.15. The van der Waals surface area contributed by atoms with Gasteiger partial charge in [0.2, 0.25) is 11.1 Å². The summed E-state index contributed by atoms with van der Waals surface area (Å²) in [6.45, 7) is 0.0668. The lowest BCUT2D eigenvalue weighted by molar-refractivity contribution is -0.127. The van der Waals surface area contributed by atoms with E-state index in [-0.39, 0.29) is 28.8 Å². The molecule has 2 N–H and O–H groups in total. The lowest BCUT2D eigenvalue weighted by Crippen LogP contribution is -2.28. The molecule has 0 fully saturated rings. The molecule has 2 aromatic carbocycles. The number of benzene rings is 2. The van der Waals surface area contributed by atoms with Crippen molar-refractivity contribution < 1.29 is 13.9 Å². The van der Waals surface area contributed by atoms with Crippen LogP contribution in [-0.2, 0) is 11.3 Å². The van der Waals surface area contributed by atoms with Gasteiger partial charge in [0.05, 0.1) is 12.9 Å². The molecule has 10 heteroatoms. The van der Waals surface area contributed by atoms with Gasteiger partial charge in [-0.2, -0.15) is 0 Å². The number of nitrogens with two attached hydrogens (primary N) is 1. The minimum absolute atomic E-state index is 0.0668. The van der Waals surface area contributed by atoms with Gasteiger partial charge < -0.3 is 15.5 Å². The average molecular weight is 436 g/mol. The maximum absolute atomic E-state index is 13.9. The Morgan fingerprint density at radius 1 is 1.28 bits per heavy atom. The molecule has 29 heavy (non-hydrogen) atoms. The Labute approximate surface area is 176 Å². The van der Waals surface area contributed by atoms with E-state index in [0.29, 0.717) is 11.0 Å². The number of hydrogen-bond acceptors (Lipinski definition) is 6. The Bertz CT molecular complexity index is 992. The number of carbonyl (C=O) groups excluding carboxylic acids is 1. The van der Waals surface area contributed by atoms with E-state index in [1.54, 1.807) is 32.4 Å². The Morgan fingerprint density at radius 3 is 2.66 bits per heavy atom. The average Bonchev–Trinajstić information content (AvgIpc) is 3.09. The number of amides is 1. The molecule has 0 saturated carbocycles. The summed E-state index contributed by atoms with van der Waals surface area (Å²) in [5, 5.41) is 8.81. The second-order valence-electron chi connectivity index (χ2n) is 6.14. The molecule has 3 aromatic rings. The highest BCUT2D eigenvalue weighted by Crippen LogP contribution is 2.24. The molecule has 1 heterocycles. The van der Waals surface area contributed by atoms with Gasteiger partial charge in [-0.1, -0.05) is 29.4 Å². The van der Waals surface area contributed by atoms with Crippen molar-refractivity contribution in [1.29, 1.82) is 0 Å². The second-order valence-corrected chi connectivity index (χ2v) is 7.49. The van der Waals surface area contributed by atoms with Gasteiger partial charge in [0.15, 0.2) is 5.82 Å². The normalized spacial score (nSPS) is 10.8. The van der Waals surface area contributed by atoms with Gasteiger partial charge >= 0.3 is 0 Å². The minimum atomic E-state index is -0.448. The third-order valence-corrected chi connectivity index (χ3v) is 5.50. The number of halogens is 2. The first-order valence-corrected chi connectivity index (χ1v) is 9.91. The molecule has 0 aliphatic rings. The van der Waals surface area contributed by atoms with Crippen molar-refractivity contribution in [3.63, 3.8) is 0 Å². The van der Waals surface area contributed by atoms with Crippen LogP contribution in [0.1, 0.15) is 5.56 Å². The molecule has 0 aliphatic carbocycles. The highest BCUT2D eigenvalue weighted by molar-refractivity contribution is 7.99. The summed E-state index contributed by atoms with van der Waals surface area (Å²) in [7, 11) is 3.17. The van der Waals surface area contributed by atoms with Crippen LogP contribution in [0.25, 0.3) is 11.4 Å². The molecule has 0 spiro atoms. The number of carbonyl (C=O) groups is 1. The summed E-state index contributed by atoms with van der Waals surface area (Å²) in [6, 6.07) is 11.6. The Balaban J connectivity index is 1.63. The lowest BCUT2D eigenvalue weighted by atomic mass is 10.2. The molecule has 152 valence electrons. The monoisotopic (exact) mass is 435 g/mol. The van der Waals surface area contributed by atoms with E-state index in [1.165, 1.54) is 21.7 Å². The van der Waals surface area contributed by atoms with Crippen molar-refractivity contribution in [2.24, 2.45) is 0 Å². The van der Waals surface area contributed by atoms with Crippen molar-refractivity contribution in [2.75, 3.05) is 25.8 Å². The standard InChI is InChI=1S/C19H19ClFN5O2S/c1-25(10-14-15(20)4-3-5-16(14)21)17(27)11-29-19-24-23-18(26(19)22)12-6-8-13(28-2)9-7-12/h3-9H,10-11,22H2,1-2H3. The molecule has 0 bridgehead atoms. The van der Waals surface area contributed by atoms with Crippen LogP contribution in [-0.4, -0.2) is 45.6 Å². The lowest BCUT2D eigenvalue weighted by Gasteiger charge is -2.18. The van der Waals surface area contributed by atoms with Crippen molar-refractivity contribution in [3.8, 4) is 17.1 Å². The van der Waals surface area contributed by atoms with E-state index in [1.807, 2.05) is 12.1 Å². The summed E-state index contributed by atoms with van der Waals surface area (Å²) in [5.74, 6) is 6.67. The van der Waals surface area contributed by atoms with Gasteiger partial charge in [-0.25, -0.2) is 9.07 Å². The molecular formula is C19H19ClFN5O2S. The van der Waals surface area contributed by atoms with Gasteiger partial charge in [0.1, 0.15) is 11.6 Å². The zero-order chi connectivity index (χ0) is 21.0. The number of aromatic nitrogens is 3. The summed E-state index contributed by atoms with van der Waals surface area (Å²) in [5.41, 5.74) is 1.05. The predicted octanol–water partition coefficient (Wildman–Crippen LogP) is 3.21. The maximum Gasteiger partial charge on any atom is 0.233 e. The predicted molar refractivity (Wildman–Crippen MR) is 111 cm³/mol. The summed E-state index contributed by atoms with van der Waals surface area (Å²) in [6.07, 6.45) is 0. The van der Waals surface area contributed by atoms with Gasteiger partial charge in [-0.15, -0.1) is 10.2 Å². The number of ether oxygens (including phenoxy) is 1. The van der Waals surface area contributed by atoms with Gasteiger partial charge in [-0.05, 0) is 36.4 Å². The van der Waals surface area contributed by atoms with Crippen LogP contribution in [0.15, 0.2) is 47.6 Å². The van der Waals surface area contributed by atoms with E-state index < -0.39 is 5.82 Å². The summed E-state index contributed by atoms with van der Waals surface area (Å²) >= 11 is 7.17. The van der Waals surface area contributed by atoms with E-state index in [9.17, 15) is 9.18 Å². The molecule has 3 rings (SSSR count). The Morgan fingerprint density at radius 2 is 2.00 bits per heavy atom. The topological polar surface area (TPSA) is 86.3 Å². The number of nitrogens with zero attached hydrogens (tertiary/aromatic N) is 4. The Hall–Kier alpha value is -2.78. The number of thioether (sulfide) groups is 1.